The van der Waals surface area contributed by atoms with Crippen molar-refractivity contribution in [2.45, 2.75) is 45.1 Å². The van der Waals surface area contributed by atoms with Crippen molar-refractivity contribution in [3.8, 4) is 5.75 Å². The van der Waals surface area contributed by atoms with E-state index in [2.05, 4.69) is 48.0 Å². The molecule has 3 heteroatoms. The summed E-state index contributed by atoms with van der Waals surface area (Å²) in [5.41, 5.74) is 2.90. The van der Waals surface area contributed by atoms with Gasteiger partial charge in [-0.25, -0.2) is 0 Å². The monoisotopic (exact) mass is 315 g/mol. The van der Waals surface area contributed by atoms with E-state index in [-0.39, 0.29) is 0 Å². The van der Waals surface area contributed by atoms with Crippen molar-refractivity contribution in [3.63, 3.8) is 0 Å². The predicted molar refractivity (Wildman–Crippen MR) is 94.1 cm³/mol. The molecule has 1 aliphatic rings. The van der Waals surface area contributed by atoms with E-state index in [0.29, 0.717) is 6.04 Å². The summed E-state index contributed by atoms with van der Waals surface area (Å²) in [5.74, 6) is 1.11. The molecule has 1 atom stereocenters. The largest absolute Gasteiger partial charge is 0.493 e. The molecule has 0 spiro atoms. The molecule has 0 saturated carbocycles. The van der Waals surface area contributed by atoms with Gasteiger partial charge in [-0.3, -0.25) is 0 Å². The maximum Gasteiger partial charge on any atom is 0.122 e. The summed E-state index contributed by atoms with van der Waals surface area (Å²) >= 11 is 1.85. The second-order valence-corrected chi connectivity index (χ2v) is 7.00. The highest BCUT2D eigenvalue weighted by atomic mass is 32.1. The van der Waals surface area contributed by atoms with Crippen LogP contribution in [0.5, 0.6) is 5.75 Å². The maximum atomic E-state index is 5.90. The number of benzene rings is 1. The van der Waals surface area contributed by atoms with Gasteiger partial charge in [0, 0.05) is 17.5 Å². The van der Waals surface area contributed by atoms with Gasteiger partial charge in [0.15, 0.2) is 0 Å². The third-order valence-corrected chi connectivity index (χ3v) is 5.22. The Labute approximate surface area is 137 Å². The highest BCUT2D eigenvalue weighted by Crippen LogP contribution is 2.29. The van der Waals surface area contributed by atoms with Crippen LogP contribution in [0.15, 0.2) is 35.7 Å². The summed E-state index contributed by atoms with van der Waals surface area (Å²) in [6, 6.07) is 11.5. The molecule has 0 aliphatic heterocycles. The second-order valence-electron chi connectivity index (χ2n) is 5.97. The van der Waals surface area contributed by atoms with Gasteiger partial charge in [-0.15, -0.1) is 11.3 Å². The molecule has 0 radical (unpaired) electrons. The number of rotatable bonds is 7. The third kappa shape index (κ3) is 3.90. The van der Waals surface area contributed by atoms with Crippen LogP contribution >= 0.6 is 11.3 Å². The van der Waals surface area contributed by atoms with E-state index in [9.17, 15) is 0 Å². The highest BCUT2D eigenvalue weighted by molar-refractivity contribution is 7.09. The molecule has 22 heavy (non-hydrogen) atoms. The summed E-state index contributed by atoms with van der Waals surface area (Å²) < 4.78 is 5.90. The molecule has 1 aromatic heterocycles. The predicted octanol–water partition coefficient (Wildman–Crippen LogP) is 4.23. The van der Waals surface area contributed by atoms with Crippen molar-refractivity contribution in [1.29, 1.82) is 0 Å². The Morgan fingerprint density at radius 3 is 3.05 bits per heavy atom. The molecule has 0 bridgehead atoms. The van der Waals surface area contributed by atoms with E-state index in [1.807, 2.05) is 11.3 Å². The summed E-state index contributed by atoms with van der Waals surface area (Å²) in [4.78, 5) is 1.47. The normalized spacial score (nSPS) is 17.2. The van der Waals surface area contributed by atoms with E-state index >= 15 is 0 Å². The number of hydrogen-bond donors (Lipinski definition) is 1. The van der Waals surface area contributed by atoms with Crippen molar-refractivity contribution in [2.75, 3.05) is 13.2 Å². The first kappa shape index (κ1) is 15.6. The molecule has 0 amide bonds. The molecule has 2 aromatic rings. The average Bonchev–Trinajstić information content (AvgIpc) is 3.06. The van der Waals surface area contributed by atoms with Crippen LogP contribution in [0.3, 0.4) is 0 Å². The summed E-state index contributed by atoms with van der Waals surface area (Å²) in [6.45, 7) is 4.05. The smallest absolute Gasteiger partial charge is 0.122 e. The van der Waals surface area contributed by atoms with E-state index in [4.69, 9.17) is 4.74 Å². The van der Waals surface area contributed by atoms with Gasteiger partial charge in [0.1, 0.15) is 5.75 Å². The summed E-state index contributed by atoms with van der Waals surface area (Å²) in [7, 11) is 0. The van der Waals surface area contributed by atoms with E-state index in [1.54, 1.807) is 0 Å². The molecule has 1 N–H and O–H groups in total. The van der Waals surface area contributed by atoms with Crippen LogP contribution in [0.25, 0.3) is 0 Å². The molecular formula is C19H25NOS. The van der Waals surface area contributed by atoms with Gasteiger partial charge < -0.3 is 10.1 Å². The SMILES string of the molecule is CCCOc1cccc2c1CC[C@H](NCCc1cccs1)C2. The molecule has 3 rings (SSSR count). The first-order valence-electron chi connectivity index (χ1n) is 8.36. The van der Waals surface area contributed by atoms with Crippen molar-refractivity contribution in [2.24, 2.45) is 0 Å². The first-order chi connectivity index (χ1) is 10.9. The fraction of sp³-hybridized carbons (Fsp3) is 0.474. The van der Waals surface area contributed by atoms with Gasteiger partial charge in [-0.2, -0.15) is 0 Å². The van der Waals surface area contributed by atoms with Crippen molar-refractivity contribution in [3.05, 3.63) is 51.7 Å². The molecule has 0 saturated heterocycles. The fourth-order valence-corrected chi connectivity index (χ4v) is 3.86. The molecule has 0 fully saturated rings. The van der Waals surface area contributed by atoms with Gasteiger partial charge in [-0.1, -0.05) is 25.1 Å². The molecule has 2 nitrogen and oxygen atoms in total. The zero-order valence-electron chi connectivity index (χ0n) is 13.3. The zero-order valence-corrected chi connectivity index (χ0v) is 14.1. The Balaban J connectivity index is 1.54. The topological polar surface area (TPSA) is 21.3 Å². The van der Waals surface area contributed by atoms with Gasteiger partial charge in [0.2, 0.25) is 0 Å². The van der Waals surface area contributed by atoms with E-state index < -0.39 is 0 Å². The number of ether oxygens (including phenoxy) is 1. The Morgan fingerprint density at radius 1 is 1.27 bits per heavy atom. The Morgan fingerprint density at radius 2 is 2.23 bits per heavy atom. The first-order valence-corrected chi connectivity index (χ1v) is 9.24. The fourth-order valence-electron chi connectivity index (χ4n) is 3.15. The average molecular weight is 315 g/mol. The minimum Gasteiger partial charge on any atom is -0.493 e. The van der Waals surface area contributed by atoms with Crippen LogP contribution in [0, 0.1) is 0 Å². The number of hydrogen-bond acceptors (Lipinski definition) is 3. The lowest BCUT2D eigenvalue weighted by Gasteiger charge is -2.27. The summed E-state index contributed by atoms with van der Waals surface area (Å²) in [6.07, 6.45) is 5.68. The quantitative estimate of drug-likeness (QED) is 0.826. The standard InChI is InChI=1S/C19H25NOS/c1-2-12-21-19-7-3-5-15-14-16(8-9-18(15)19)20-11-10-17-6-4-13-22-17/h3-7,13,16,20H,2,8-12,14H2,1H3/t16-/m0/s1. The number of fused-ring (bicyclic) bond motifs is 1. The van der Waals surface area contributed by atoms with Gasteiger partial charge in [0.05, 0.1) is 6.61 Å². The minimum atomic E-state index is 0.605. The van der Waals surface area contributed by atoms with E-state index in [1.165, 1.54) is 22.4 Å². The molecule has 118 valence electrons. The molecular weight excluding hydrogens is 290 g/mol. The summed E-state index contributed by atoms with van der Waals surface area (Å²) in [5, 5.41) is 5.89. The highest BCUT2D eigenvalue weighted by Gasteiger charge is 2.20. The molecule has 1 aliphatic carbocycles. The Bertz CT molecular complexity index is 579. The van der Waals surface area contributed by atoms with Crippen molar-refractivity contribution < 1.29 is 4.74 Å². The van der Waals surface area contributed by atoms with Gasteiger partial charge >= 0.3 is 0 Å². The van der Waals surface area contributed by atoms with Crippen molar-refractivity contribution >= 4 is 11.3 Å². The zero-order chi connectivity index (χ0) is 15.2. The second kappa shape index (κ2) is 7.80. The Hall–Kier alpha value is -1.32. The lowest BCUT2D eigenvalue weighted by Crippen LogP contribution is -2.35. The Kier molecular flexibility index (Phi) is 5.52. The lowest BCUT2D eigenvalue weighted by atomic mass is 9.87. The van der Waals surface area contributed by atoms with Gasteiger partial charge in [-0.05, 0) is 60.7 Å². The van der Waals surface area contributed by atoms with Crippen LogP contribution in [0.2, 0.25) is 0 Å². The van der Waals surface area contributed by atoms with Crippen molar-refractivity contribution in [1.82, 2.24) is 5.32 Å². The van der Waals surface area contributed by atoms with E-state index in [0.717, 1.165) is 44.6 Å². The number of thiophene rings is 1. The van der Waals surface area contributed by atoms with Gasteiger partial charge in [0.25, 0.3) is 0 Å². The minimum absolute atomic E-state index is 0.605. The third-order valence-electron chi connectivity index (χ3n) is 4.29. The number of nitrogens with one attached hydrogen (secondary N) is 1. The van der Waals surface area contributed by atoms with Crippen LogP contribution in [0.1, 0.15) is 35.8 Å². The van der Waals surface area contributed by atoms with Crippen LogP contribution in [-0.4, -0.2) is 19.2 Å². The van der Waals surface area contributed by atoms with Crippen LogP contribution < -0.4 is 10.1 Å². The van der Waals surface area contributed by atoms with Crippen LogP contribution in [0.4, 0.5) is 0 Å². The lowest BCUT2D eigenvalue weighted by molar-refractivity contribution is 0.311. The molecule has 1 heterocycles. The molecule has 1 aromatic carbocycles. The van der Waals surface area contributed by atoms with Crippen LogP contribution in [-0.2, 0) is 19.3 Å². The maximum absolute atomic E-state index is 5.90. The molecule has 0 unspecified atom stereocenters.